The molecule has 1 aromatic heterocycles. The fraction of sp³-hybridized carbons (Fsp3) is 0.318. The molecular formula is C22H21F3N2O4S. The minimum Gasteiger partial charge on any atom is -0.485 e. The van der Waals surface area contributed by atoms with E-state index >= 15 is 0 Å². The van der Waals surface area contributed by atoms with E-state index in [4.69, 9.17) is 4.74 Å². The van der Waals surface area contributed by atoms with E-state index in [2.05, 4.69) is 10.3 Å². The van der Waals surface area contributed by atoms with Crippen LogP contribution in [0.25, 0.3) is 10.8 Å². The minimum absolute atomic E-state index is 0.0757. The van der Waals surface area contributed by atoms with E-state index in [0.29, 0.717) is 16.7 Å². The standard InChI is InChI=1S/C22H21F3N2O4S/c1-21(2,3)18(20(29)30)27-19(28)14-9-8-12-6-4-5-7-13(12)17(14)31-11-16-26-10-15(32-16)22(23,24)25/h4-10,18H,11H2,1-3H3,(H,27,28)(H,29,30). The number of nitrogens with zero attached hydrogens (tertiary/aromatic N) is 1. The average molecular weight is 466 g/mol. The van der Waals surface area contributed by atoms with E-state index < -0.39 is 34.4 Å². The van der Waals surface area contributed by atoms with Crippen LogP contribution in [-0.4, -0.2) is 28.0 Å². The minimum atomic E-state index is -4.50. The number of carboxylic acids is 1. The molecule has 170 valence electrons. The Labute approximate surface area is 186 Å². The number of fused-ring (bicyclic) bond motifs is 1. The summed E-state index contributed by atoms with van der Waals surface area (Å²) in [6, 6.07) is 9.06. The molecule has 0 saturated heterocycles. The van der Waals surface area contributed by atoms with Crippen LogP contribution in [0.15, 0.2) is 42.6 Å². The smallest absolute Gasteiger partial charge is 0.427 e. The Morgan fingerprint density at radius 3 is 2.44 bits per heavy atom. The lowest BCUT2D eigenvalue weighted by molar-refractivity contribution is -0.142. The van der Waals surface area contributed by atoms with E-state index in [1.165, 1.54) is 6.07 Å². The molecule has 1 heterocycles. The summed E-state index contributed by atoms with van der Waals surface area (Å²) in [5.41, 5.74) is -0.680. The summed E-state index contributed by atoms with van der Waals surface area (Å²) in [5, 5.41) is 13.4. The van der Waals surface area contributed by atoms with Gasteiger partial charge >= 0.3 is 12.1 Å². The molecule has 3 aromatic rings. The van der Waals surface area contributed by atoms with Gasteiger partial charge in [0.2, 0.25) is 0 Å². The van der Waals surface area contributed by atoms with E-state index in [1.807, 2.05) is 0 Å². The van der Waals surface area contributed by atoms with E-state index in [-0.39, 0.29) is 22.9 Å². The number of thiazole rings is 1. The van der Waals surface area contributed by atoms with Crippen LogP contribution in [0.2, 0.25) is 0 Å². The lowest BCUT2D eigenvalue weighted by Crippen LogP contribution is -2.49. The zero-order valence-electron chi connectivity index (χ0n) is 17.5. The van der Waals surface area contributed by atoms with Gasteiger partial charge in [0.05, 0.1) is 11.8 Å². The first-order valence-electron chi connectivity index (χ1n) is 9.58. The first-order chi connectivity index (χ1) is 14.9. The van der Waals surface area contributed by atoms with Crippen molar-refractivity contribution in [1.29, 1.82) is 0 Å². The highest BCUT2D eigenvalue weighted by Crippen LogP contribution is 2.35. The monoisotopic (exact) mass is 466 g/mol. The highest BCUT2D eigenvalue weighted by molar-refractivity contribution is 7.11. The Kier molecular flexibility index (Phi) is 6.45. The maximum absolute atomic E-state index is 13.0. The number of carbonyl (C=O) groups is 2. The van der Waals surface area contributed by atoms with Gasteiger partial charge in [0.1, 0.15) is 28.3 Å². The molecule has 32 heavy (non-hydrogen) atoms. The molecule has 0 spiro atoms. The number of hydrogen-bond acceptors (Lipinski definition) is 5. The second-order valence-electron chi connectivity index (χ2n) is 8.18. The molecule has 10 heteroatoms. The van der Waals surface area contributed by atoms with Gasteiger partial charge in [-0.2, -0.15) is 13.2 Å². The zero-order valence-corrected chi connectivity index (χ0v) is 18.3. The molecule has 0 fully saturated rings. The van der Waals surface area contributed by atoms with Crippen LogP contribution < -0.4 is 10.1 Å². The highest BCUT2D eigenvalue weighted by atomic mass is 32.1. The predicted molar refractivity (Wildman–Crippen MR) is 114 cm³/mol. The van der Waals surface area contributed by atoms with Crippen molar-refractivity contribution in [1.82, 2.24) is 10.3 Å². The van der Waals surface area contributed by atoms with Crippen molar-refractivity contribution in [2.45, 2.75) is 39.6 Å². The van der Waals surface area contributed by atoms with Crippen LogP contribution in [0.3, 0.4) is 0 Å². The highest BCUT2D eigenvalue weighted by Gasteiger charge is 2.34. The number of halogens is 3. The molecule has 3 rings (SSSR count). The lowest BCUT2D eigenvalue weighted by Gasteiger charge is -2.28. The second-order valence-corrected chi connectivity index (χ2v) is 9.29. The summed E-state index contributed by atoms with van der Waals surface area (Å²) in [6.45, 7) is 4.77. The Morgan fingerprint density at radius 2 is 1.84 bits per heavy atom. The third-order valence-electron chi connectivity index (χ3n) is 4.69. The third kappa shape index (κ3) is 5.18. The third-order valence-corrected chi connectivity index (χ3v) is 5.70. The summed E-state index contributed by atoms with van der Waals surface area (Å²) in [5.74, 6) is -1.71. The van der Waals surface area contributed by atoms with Gasteiger partial charge in [-0.25, -0.2) is 9.78 Å². The van der Waals surface area contributed by atoms with Crippen molar-refractivity contribution in [3.8, 4) is 5.75 Å². The average Bonchev–Trinajstić information content (AvgIpc) is 3.18. The van der Waals surface area contributed by atoms with Gasteiger partial charge in [-0.3, -0.25) is 4.79 Å². The number of amides is 1. The lowest BCUT2D eigenvalue weighted by atomic mass is 9.86. The van der Waals surface area contributed by atoms with Crippen LogP contribution in [-0.2, 0) is 17.6 Å². The van der Waals surface area contributed by atoms with Crippen molar-refractivity contribution in [2.75, 3.05) is 0 Å². The van der Waals surface area contributed by atoms with E-state index in [0.717, 1.165) is 11.6 Å². The zero-order chi connectivity index (χ0) is 23.7. The number of rotatable bonds is 6. The quantitative estimate of drug-likeness (QED) is 0.526. The number of carbonyl (C=O) groups excluding carboxylic acids is 1. The van der Waals surface area contributed by atoms with Crippen LogP contribution in [0.5, 0.6) is 5.75 Å². The first-order valence-corrected chi connectivity index (χ1v) is 10.4. The molecule has 0 aliphatic heterocycles. The maximum atomic E-state index is 13.0. The molecule has 2 aromatic carbocycles. The number of aromatic nitrogens is 1. The van der Waals surface area contributed by atoms with Gasteiger partial charge in [-0.05, 0) is 16.9 Å². The molecule has 6 nitrogen and oxygen atoms in total. The van der Waals surface area contributed by atoms with Gasteiger partial charge < -0.3 is 15.2 Å². The molecule has 0 aliphatic rings. The van der Waals surface area contributed by atoms with Crippen LogP contribution in [0.1, 0.15) is 41.0 Å². The topological polar surface area (TPSA) is 88.5 Å². The van der Waals surface area contributed by atoms with Crippen LogP contribution in [0, 0.1) is 5.41 Å². The van der Waals surface area contributed by atoms with E-state index in [1.54, 1.807) is 51.1 Å². The molecule has 2 N–H and O–H groups in total. The van der Waals surface area contributed by atoms with Crippen LogP contribution >= 0.6 is 11.3 Å². The predicted octanol–water partition coefficient (Wildman–Crippen LogP) is 5.12. The van der Waals surface area contributed by atoms with Crippen LogP contribution in [0.4, 0.5) is 13.2 Å². The summed E-state index contributed by atoms with van der Waals surface area (Å²) in [7, 11) is 0. The maximum Gasteiger partial charge on any atom is 0.427 e. The molecule has 0 radical (unpaired) electrons. The number of carboxylic acid groups (broad SMARTS) is 1. The van der Waals surface area contributed by atoms with Gasteiger partial charge in [-0.1, -0.05) is 51.1 Å². The first kappa shape index (κ1) is 23.5. The number of benzene rings is 2. The van der Waals surface area contributed by atoms with Gasteiger partial charge in [0.15, 0.2) is 0 Å². The second kappa shape index (κ2) is 8.78. The molecule has 0 saturated carbocycles. The molecule has 1 amide bonds. The van der Waals surface area contributed by atoms with Gasteiger partial charge in [-0.15, -0.1) is 11.3 Å². The molecular weight excluding hydrogens is 445 g/mol. The molecule has 0 aliphatic carbocycles. The largest absolute Gasteiger partial charge is 0.485 e. The SMILES string of the molecule is CC(C)(C)C(NC(=O)c1ccc2ccccc2c1OCc1ncc(C(F)(F)F)s1)C(=O)O. The summed E-state index contributed by atoms with van der Waals surface area (Å²) < 4.78 is 44.3. The summed E-state index contributed by atoms with van der Waals surface area (Å²) >= 11 is 0.457. The van der Waals surface area contributed by atoms with Crippen molar-refractivity contribution in [3.63, 3.8) is 0 Å². The van der Waals surface area contributed by atoms with Crippen molar-refractivity contribution < 1.29 is 32.6 Å². The Balaban J connectivity index is 1.95. The number of alkyl halides is 3. The van der Waals surface area contributed by atoms with Gasteiger partial charge in [0.25, 0.3) is 5.91 Å². The van der Waals surface area contributed by atoms with Crippen molar-refractivity contribution >= 4 is 34.0 Å². The summed E-state index contributed by atoms with van der Waals surface area (Å²) in [4.78, 5) is 27.6. The molecule has 1 unspecified atom stereocenters. The number of ether oxygens (including phenoxy) is 1. The molecule has 0 bridgehead atoms. The summed E-state index contributed by atoms with van der Waals surface area (Å²) in [6.07, 6.45) is -3.76. The van der Waals surface area contributed by atoms with E-state index in [9.17, 15) is 27.9 Å². The normalized spacial score (nSPS) is 13.1. The fourth-order valence-electron chi connectivity index (χ4n) is 3.08. The number of aliphatic carboxylic acids is 1. The Bertz CT molecular complexity index is 1150. The van der Waals surface area contributed by atoms with Crippen molar-refractivity contribution in [3.05, 3.63) is 58.0 Å². The fourth-order valence-corrected chi connectivity index (χ4v) is 3.78. The number of hydrogen-bond donors (Lipinski definition) is 2. The van der Waals surface area contributed by atoms with Crippen molar-refractivity contribution in [2.24, 2.45) is 5.41 Å². The van der Waals surface area contributed by atoms with Gasteiger partial charge in [0, 0.05) is 5.39 Å². The Morgan fingerprint density at radius 1 is 1.16 bits per heavy atom. The Hall–Kier alpha value is -3.14. The molecule has 1 atom stereocenters. The number of nitrogens with one attached hydrogen (secondary N) is 1.